The van der Waals surface area contributed by atoms with Crippen molar-refractivity contribution in [2.24, 2.45) is 0 Å². The monoisotopic (exact) mass is 376 g/mol. The fraction of sp³-hybridized carbons (Fsp3) is 0.429. The topological polar surface area (TPSA) is 33.3 Å². The summed E-state index contributed by atoms with van der Waals surface area (Å²) < 4.78 is 19.9. The summed E-state index contributed by atoms with van der Waals surface area (Å²) >= 11 is 0. The number of hydrogen-bond donors (Lipinski definition) is 2. The lowest BCUT2D eigenvalue weighted by Crippen LogP contribution is -2.45. The average molecular weight is 377 g/mol. The van der Waals surface area contributed by atoms with Gasteiger partial charge in [-0.3, -0.25) is 0 Å². The number of halogens is 2. The van der Waals surface area contributed by atoms with Crippen molar-refractivity contribution >= 4 is 12.4 Å². The zero-order chi connectivity index (χ0) is 17.2. The first-order valence-corrected chi connectivity index (χ1v) is 9.20. The van der Waals surface area contributed by atoms with Gasteiger partial charge in [-0.05, 0) is 44.0 Å². The van der Waals surface area contributed by atoms with E-state index in [9.17, 15) is 4.39 Å². The third-order valence-electron chi connectivity index (χ3n) is 5.21. The molecule has 0 radical (unpaired) electrons. The predicted octanol–water partition coefficient (Wildman–Crippen LogP) is 4.15. The van der Waals surface area contributed by atoms with E-state index < -0.39 is 0 Å². The quantitative estimate of drug-likeness (QED) is 0.840. The molecule has 0 aromatic heterocycles. The van der Waals surface area contributed by atoms with Gasteiger partial charge in [0.2, 0.25) is 0 Å². The molecule has 2 aromatic carbocycles. The molecular formula is C21H26ClFN2O. The van der Waals surface area contributed by atoms with Crippen LogP contribution in [0.5, 0.6) is 5.75 Å². The number of rotatable bonds is 4. The van der Waals surface area contributed by atoms with Gasteiger partial charge in [0.25, 0.3) is 0 Å². The van der Waals surface area contributed by atoms with Crippen LogP contribution in [0, 0.1) is 5.82 Å². The number of nitrogens with one attached hydrogen (secondary N) is 2. The van der Waals surface area contributed by atoms with Crippen LogP contribution in [-0.2, 0) is 13.0 Å². The summed E-state index contributed by atoms with van der Waals surface area (Å²) in [6.45, 7) is 3.70. The molecule has 140 valence electrons. The molecule has 1 unspecified atom stereocenters. The van der Waals surface area contributed by atoms with Gasteiger partial charge >= 0.3 is 0 Å². The molecule has 1 saturated heterocycles. The number of piperidine rings is 1. The van der Waals surface area contributed by atoms with Crippen molar-refractivity contribution in [3.8, 4) is 5.75 Å². The van der Waals surface area contributed by atoms with Gasteiger partial charge in [0.1, 0.15) is 17.7 Å². The Kier molecular flexibility index (Phi) is 6.17. The van der Waals surface area contributed by atoms with E-state index in [1.165, 1.54) is 5.56 Å². The van der Waals surface area contributed by atoms with Crippen LogP contribution in [0.3, 0.4) is 0 Å². The van der Waals surface area contributed by atoms with Gasteiger partial charge < -0.3 is 15.4 Å². The molecule has 4 rings (SSSR count). The first kappa shape index (κ1) is 19.2. The number of ether oxygens (including phenoxy) is 1. The highest BCUT2D eigenvalue weighted by Crippen LogP contribution is 2.34. The molecule has 2 aliphatic heterocycles. The van der Waals surface area contributed by atoms with Crippen LogP contribution in [0.1, 0.15) is 42.5 Å². The molecule has 0 bridgehead atoms. The van der Waals surface area contributed by atoms with Crippen molar-refractivity contribution in [1.82, 2.24) is 10.6 Å². The smallest absolute Gasteiger partial charge is 0.127 e. The Labute approximate surface area is 160 Å². The maximum atomic E-state index is 14.0. The molecule has 0 saturated carbocycles. The molecule has 5 heteroatoms. The highest BCUT2D eigenvalue weighted by molar-refractivity contribution is 5.85. The van der Waals surface area contributed by atoms with Crippen LogP contribution >= 0.6 is 12.4 Å². The number of benzene rings is 2. The lowest BCUT2D eigenvalue weighted by molar-refractivity contribution is 0.250. The van der Waals surface area contributed by atoms with Crippen LogP contribution in [0.25, 0.3) is 0 Å². The highest BCUT2D eigenvalue weighted by Gasteiger charge is 2.27. The Bertz CT molecular complexity index is 740. The van der Waals surface area contributed by atoms with E-state index in [0.29, 0.717) is 12.6 Å². The van der Waals surface area contributed by atoms with Crippen molar-refractivity contribution < 1.29 is 9.13 Å². The Balaban J connectivity index is 0.00000196. The van der Waals surface area contributed by atoms with E-state index in [0.717, 1.165) is 42.7 Å². The van der Waals surface area contributed by atoms with E-state index in [4.69, 9.17) is 4.74 Å². The molecule has 0 spiro atoms. The van der Waals surface area contributed by atoms with Gasteiger partial charge in [0, 0.05) is 36.2 Å². The van der Waals surface area contributed by atoms with Crippen LogP contribution in [-0.4, -0.2) is 18.7 Å². The molecule has 0 amide bonds. The van der Waals surface area contributed by atoms with Crippen molar-refractivity contribution in [3.63, 3.8) is 0 Å². The molecular weight excluding hydrogens is 351 g/mol. The summed E-state index contributed by atoms with van der Waals surface area (Å²) in [7, 11) is 0. The first-order valence-electron chi connectivity index (χ1n) is 9.20. The fourth-order valence-electron chi connectivity index (χ4n) is 4.06. The zero-order valence-corrected chi connectivity index (χ0v) is 15.8. The number of hydrogen-bond acceptors (Lipinski definition) is 3. The Hall–Kier alpha value is -1.62. The third kappa shape index (κ3) is 4.03. The summed E-state index contributed by atoms with van der Waals surface area (Å²) in [4.78, 5) is 0. The van der Waals surface area contributed by atoms with E-state index >= 15 is 0 Å². The Morgan fingerprint density at radius 2 is 2.04 bits per heavy atom. The van der Waals surface area contributed by atoms with E-state index in [1.807, 2.05) is 13.0 Å². The molecule has 3 atom stereocenters. The zero-order valence-electron chi connectivity index (χ0n) is 15.0. The second kappa shape index (κ2) is 8.38. The van der Waals surface area contributed by atoms with Crippen molar-refractivity contribution in [1.29, 1.82) is 0 Å². The van der Waals surface area contributed by atoms with E-state index in [1.54, 1.807) is 12.1 Å². The standard InChI is InChI=1S/C21H25FN2O.ClH/c1-14-10-16-11-18(22)12-17(21(16)25-14)13-24-19-8-5-9-23-20(19)15-6-3-2-4-7-15;/h2-4,6-7,11-12,14,19-20,23-24H,5,8-10,13H2,1H3;1H/t14?,19-,20-;/m0./s1. The van der Waals surface area contributed by atoms with E-state index in [-0.39, 0.29) is 30.4 Å². The summed E-state index contributed by atoms with van der Waals surface area (Å²) in [6, 6.07) is 14.4. The summed E-state index contributed by atoms with van der Waals surface area (Å²) in [5.41, 5.74) is 3.22. The van der Waals surface area contributed by atoms with Crippen LogP contribution < -0.4 is 15.4 Å². The molecule has 2 aromatic rings. The fourth-order valence-corrected chi connectivity index (χ4v) is 4.06. The molecule has 26 heavy (non-hydrogen) atoms. The maximum Gasteiger partial charge on any atom is 0.127 e. The van der Waals surface area contributed by atoms with Crippen LogP contribution in [0.15, 0.2) is 42.5 Å². The predicted molar refractivity (Wildman–Crippen MR) is 104 cm³/mol. The minimum atomic E-state index is -0.172. The second-order valence-electron chi connectivity index (χ2n) is 7.16. The second-order valence-corrected chi connectivity index (χ2v) is 7.16. The molecule has 0 aliphatic carbocycles. The van der Waals surface area contributed by atoms with Gasteiger partial charge in [-0.15, -0.1) is 12.4 Å². The van der Waals surface area contributed by atoms with Gasteiger partial charge in [-0.2, -0.15) is 0 Å². The SMILES string of the molecule is CC1Cc2cc(F)cc(CN[C@H]3CCCN[C@H]3c3ccccc3)c2O1.Cl. The maximum absolute atomic E-state index is 14.0. The van der Waals surface area contributed by atoms with Crippen molar-refractivity contribution in [2.45, 2.75) is 50.9 Å². The normalized spacial score (nSPS) is 24.5. The van der Waals surface area contributed by atoms with Gasteiger partial charge in [-0.1, -0.05) is 30.3 Å². The van der Waals surface area contributed by atoms with Gasteiger partial charge in [-0.25, -0.2) is 4.39 Å². The summed E-state index contributed by atoms with van der Waals surface area (Å²) in [5, 5.41) is 7.27. The average Bonchev–Trinajstić information content (AvgIpc) is 3.00. The summed E-state index contributed by atoms with van der Waals surface area (Å²) in [6.07, 6.45) is 3.18. The molecule has 2 aliphatic rings. The Morgan fingerprint density at radius 1 is 1.23 bits per heavy atom. The van der Waals surface area contributed by atoms with Gasteiger partial charge in [0.15, 0.2) is 0 Å². The lowest BCUT2D eigenvalue weighted by atomic mass is 9.92. The minimum Gasteiger partial charge on any atom is -0.490 e. The lowest BCUT2D eigenvalue weighted by Gasteiger charge is -2.34. The largest absolute Gasteiger partial charge is 0.490 e. The molecule has 2 heterocycles. The molecule has 3 nitrogen and oxygen atoms in total. The van der Waals surface area contributed by atoms with Crippen molar-refractivity contribution in [3.05, 3.63) is 65.0 Å². The Morgan fingerprint density at radius 3 is 2.85 bits per heavy atom. The minimum absolute atomic E-state index is 0. The molecule has 1 fully saturated rings. The first-order chi connectivity index (χ1) is 12.2. The molecule has 2 N–H and O–H groups in total. The van der Waals surface area contributed by atoms with E-state index in [2.05, 4.69) is 34.9 Å². The highest BCUT2D eigenvalue weighted by atomic mass is 35.5. The van der Waals surface area contributed by atoms with Gasteiger partial charge in [0.05, 0.1) is 0 Å². The number of fused-ring (bicyclic) bond motifs is 1. The third-order valence-corrected chi connectivity index (χ3v) is 5.21. The van der Waals surface area contributed by atoms with Crippen LogP contribution in [0.2, 0.25) is 0 Å². The summed E-state index contributed by atoms with van der Waals surface area (Å²) in [5.74, 6) is 0.705. The van der Waals surface area contributed by atoms with Crippen molar-refractivity contribution in [2.75, 3.05) is 6.54 Å². The van der Waals surface area contributed by atoms with Crippen LogP contribution in [0.4, 0.5) is 4.39 Å².